The number of carbonyl (C=O) groups is 1. The lowest BCUT2D eigenvalue weighted by Crippen LogP contribution is -2.27. The third-order valence-electron chi connectivity index (χ3n) is 4.79. The maximum atomic E-state index is 12.4. The Morgan fingerprint density at radius 1 is 1.17 bits per heavy atom. The molecule has 2 aromatic heterocycles. The van der Waals surface area contributed by atoms with Crippen molar-refractivity contribution in [3.05, 3.63) is 82.4 Å². The Labute approximate surface area is 182 Å². The van der Waals surface area contributed by atoms with Gasteiger partial charge in [0.2, 0.25) is 5.82 Å². The van der Waals surface area contributed by atoms with E-state index in [1.807, 2.05) is 67.7 Å². The fraction of sp³-hybridized carbons (Fsp3) is 0.182. The number of hydrogen-bond donors (Lipinski definition) is 1. The van der Waals surface area contributed by atoms with Gasteiger partial charge in [-0.2, -0.15) is 10.1 Å². The Hall–Kier alpha value is -3.26. The van der Waals surface area contributed by atoms with Gasteiger partial charge >= 0.3 is 11.8 Å². The van der Waals surface area contributed by atoms with Gasteiger partial charge in [-0.25, -0.2) is 4.68 Å². The summed E-state index contributed by atoms with van der Waals surface area (Å²) >= 11 is 3.43. The van der Waals surface area contributed by atoms with Crippen molar-refractivity contribution in [2.45, 2.75) is 19.8 Å². The molecule has 1 amide bonds. The van der Waals surface area contributed by atoms with Gasteiger partial charge in [-0.15, -0.1) is 0 Å². The van der Waals surface area contributed by atoms with E-state index in [2.05, 4.69) is 43.4 Å². The molecule has 2 aromatic carbocycles. The zero-order valence-corrected chi connectivity index (χ0v) is 18.1. The van der Waals surface area contributed by atoms with E-state index in [9.17, 15) is 4.79 Å². The molecule has 1 atom stereocenters. The summed E-state index contributed by atoms with van der Waals surface area (Å²) in [6.07, 6.45) is 1.82. The van der Waals surface area contributed by atoms with Gasteiger partial charge in [0.1, 0.15) is 0 Å². The third-order valence-corrected chi connectivity index (χ3v) is 5.32. The lowest BCUT2D eigenvalue weighted by atomic mass is 10.0. The molecule has 4 rings (SSSR count). The summed E-state index contributed by atoms with van der Waals surface area (Å²) in [5.41, 5.74) is 3.51. The molecule has 0 bridgehead atoms. The van der Waals surface area contributed by atoms with Crippen molar-refractivity contribution >= 4 is 21.8 Å². The fourth-order valence-electron chi connectivity index (χ4n) is 3.05. The number of amides is 1. The topological polar surface area (TPSA) is 85.8 Å². The fourth-order valence-corrected chi connectivity index (χ4v) is 3.32. The van der Waals surface area contributed by atoms with Crippen molar-refractivity contribution in [2.24, 2.45) is 0 Å². The molecule has 1 N–H and O–H groups in total. The molecular formula is C22H20BrN5O2. The smallest absolute Gasteiger partial charge is 0.316 e. The standard InChI is InChI=1S/C22H20BrN5O2/c1-14(16-6-4-3-5-7-16)12-24-21(29)22-25-20(27-30-22)19-13-28(26-15(19)2)18-10-8-17(23)9-11-18/h3-11,13-14H,12H2,1-2H3,(H,24,29)/t14-/m0/s1. The summed E-state index contributed by atoms with van der Waals surface area (Å²) in [7, 11) is 0. The molecule has 0 unspecified atom stereocenters. The Morgan fingerprint density at radius 2 is 1.90 bits per heavy atom. The van der Waals surface area contributed by atoms with Gasteiger partial charge < -0.3 is 9.84 Å². The van der Waals surface area contributed by atoms with E-state index in [1.54, 1.807) is 4.68 Å². The van der Waals surface area contributed by atoms with Crippen LogP contribution in [0.2, 0.25) is 0 Å². The van der Waals surface area contributed by atoms with Crippen LogP contribution < -0.4 is 5.32 Å². The molecule has 30 heavy (non-hydrogen) atoms. The number of aryl methyl sites for hydroxylation is 1. The average Bonchev–Trinajstić information content (AvgIpc) is 3.40. The average molecular weight is 466 g/mol. The van der Waals surface area contributed by atoms with Gasteiger partial charge in [-0.05, 0) is 42.7 Å². The second-order valence-corrected chi connectivity index (χ2v) is 7.91. The van der Waals surface area contributed by atoms with Crippen LogP contribution in [-0.4, -0.2) is 32.4 Å². The second kappa shape index (κ2) is 8.62. The first kappa shape index (κ1) is 20.0. The lowest BCUT2D eigenvalue weighted by molar-refractivity contribution is 0.0908. The van der Waals surface area contributed by atoms with E-state index in [0.29, 0.717) is 17.9 Å². The predicted octanol–water partition coefficient (Wildman–Crippen LogP) is 4.53. The number of aromatic nitrogens is 4. The van der Waals surface area contributed by atoms with Crippen LogP contribution in [0.25, 0.3) is 17.1 Å². The molecule has 152 valence electrons. The van der Waals surface area contributed by atoms with E-state index in [0.717, 1.165) is 21.4 Å². The monoisotopic (exact) mass is 465 g/mol. The van der Waals surface area contributed by atoms with Crippen LogP contribution in [0.1, 0.15) is 34.8 Å². The highest BCUT2D eigenvalue weighted by molar-refractivity contribution is 9.10. The van der Waals surface area contributed by atoms with Gasteiger partial charge in [-0.3, -0.25) is 4.79 Å². The summed E-state index contributed by atoms with van der Waals surface area (Å²) < 4.78 is 7.92. The number of nitrogens with one attached hydrogen (secondary N) is 1. The van der Waals surface area contributed by atoms with E-state index in [1.165, 1.54) is 0 Å². The number of halogens is 1. The minimum atomic E-state index is -0.394. The highest BCUT2D eigenvalue weighted by atomic mass is 79.9. The normalized spacial score (nSPS) is 12.0. The highest BCUT2D eigenvalue weighted by Gasteiger charge is 2.20. The molecule has 0 aliphatic heterocycles. The van der Waals surface area contributed by atoms with E-state index in [4.69, 9.17) is 4.52 Å². The van der Waals surface area contributed by atoms with Crippen LogP contribution in [0.15, 0.2) is 69.8 Å². The molecular weight excluding hydrogens is 446 g/mol. The number of benzene rings is 2. The molecule has 0 aliphatic rings. The Kier molecular flexibility index (Phi) is 5.76. The first-order valence-electron chi connectivity index (χ1n) is 9.50. The van der Waals surface area contributed by atoms with Gasteiger partial charge in [0.05, 0.1) is 16.9 Å². The van der Waals surface area contributed by atoms with Gasteiger partial charge in [0.25, 0.3) is 0 Å². The highest BCUT2D eigenvalue weighted by Crippen LogP contribution is 2.22. The second-order valence-electron chi connectivity index (χ2n) is 6.99. The zero-order valence-electron chi connectivity index (χ0n) is 16.5. The van der Waals surface area contributed by atoms with Gasteiger partial charge in [0.15, 0.2) is 0 Å². The number of carbonyl (C=O) groups excluding carboxylic acids is 1. The molecule has 0 spiro atoms. The summed E-state index contributed by atoms with van der Waals surface area (Å²) in [5, 5.41) is 11.3. The van der Waals surface area contributed by atoms with E-state index < -0.39 is 5.91 Å². The molecule has 4 aromatic rings. The quantitative estimate of drug-likeness (QED) is 0.452. The summed E-state index contributed by atoms with van der Waals surface area (Å²) in [6.45, 7) is 4.39. The number of hydrogen-bond acceptors (Lipinski definition) is 5. The molecule has 0 saturated heterocycles. The van der Waals surface area contributed by atoms with Crippen molar-refractivity contribution in [3.8, 4) is 17.1 Å². The Balaban J connectivity index is 1.46. The molecule has 8 heteroatoms. The number of nitrogens with zero attached hydrogens (tertiary/aromatic N) is 4. The van der Waals surface area contributed by atoms with Crippen LogP contribution in [0.3, 0.4) is 0 Å². The first-order valence-corrected chi connectivity index (χ1v) is 10.3. The molecule has 2 heterocycles. The molecule has 0 saturated carbocycles. The zero-order chi connectivity index (χ0) is 21.1. The maximum Gasteiger partial charge on any atom is 0.316 e. The van der Waals surface area contributed by atoms with Crippen molar-refractivity contribution in [2.75, 3.05) is 6.54 Å². The summed E-state index contributed by atoms with van der Waals surface area (Å²) in [5.74, 6) is 0.0385. The predicted molar refractivity (Wildman–Crippen MR) is 116 cm³/mol. The van der Waals surface area contributed by atoms with Gasteiger partial charge in [-0.1, -0.05) is 58.3 Å². The van der Waals surface area contributed by atoms with Crippen molar-refractivity contribution in [3.63, 3.8) is 0 Å². The SMILES string of the molecule is Cc1nn(-c2ccc(Br)cc2)cc1-c1noc(C(=O)NC[C@H](C)c2ccccc2)n1. The largest absolute Gasteiger partial charge is 0.347 e. The van der Waals surface area contributed by atoms with Crippen LogP contribution in [0, 0.1) is 6.92 Å². The Morgan fingerprint density at radius 3 is 2.63 bits per heavy atom. The van der Waals surface area contributed by atoms with Crippen molar-refractivity contribution < 1.29 is 9.32 Å². The van der Waals surface area contributed by atoms with Crippen LogP contribution in [0.4, 0.5) is 0 Å². The minimum absolute atomic E-state index is 0.0685. The minimum Gasteiger partial charge on any atom is -0.347 e. The van der Waals surface area contributed by atoms with Crippen molar-refractivity contribution in [1.29, 1.82) is 0 Å². The first-order chi connectivity index (χ1) is 14.5. The summed E-state index contributed by atoms with van der Waals surface area (Å²) in [4.78, 5) is 16.7. The van der Waals surface area contributed by atoms with Crippen LogP contribution in [0.5, 0.6) is 0 Å². The molecule has 0 fully saturated rings. The molecule has 0 aliphatic carbocycles. The molecule has 0 radical (unpaired) electrons. The van der Waals surface area contributed by atoms with E-state index >= 15 is 0 Å². The summed E-state index contributed by atoms with van der Waals surface area (Å²) in [6, 6.07) is 17.8. The van der Waals surface area contributed by atoms with Gasteiger partial charge in [0, 0.05) is 17.2 Å². The lowest BCUT2D eigenvalue weighted by Gasteiger charge is -2.11. The van der Waals surface area contributed by atoms with Crippen molar-refractivity contribution in [1.82, 2.24) is 25.2 Å². The maximum absolute atomic E-state index is 12.4. The molecule has 7 nitrogen and oxygen atoms in total. The van der Waals surface area contributed by atoms with Crippen LogP contribution >= 0.6 is 15.9 Å². The van der Waals surface area contributed by atoms with E-state index in [-0.39, 0.29) is 11.8 Å². The Bertz CT molecular complexity index is 1150. The number of rotatable bonds is 6. The third kappa shape index (κ3) is 4.33. The van der Waals surface area contributed by atoms with Crippen LogP contribution in [-0.2, 0) is 0 Å².